The van der Waals surface area contributed by atoms with Gasteiger partial charge in [-0.2, -0.15) is 0 Å². The van der Waals surface area contributed by atoms with E-state index >= 15 is 0 Å². The molecule has 0 fully saturated rings. The molecule has 0 bridgehead atoms. The van der Waals surface area contributed by atoms with Crippen LogP contribution in [-0.4, -0.2) is 29.8 Å². The van der Waals surface area contributed by atoms with Crippen molar-refractivity contribution in [2.75, 3.05) is 23.7 Å². The van der Waals surface area contributed by atoms with E-state index in [-0.39, 0.29) is 22.9 Å². The van der Waals surface area contributed by atoms with Crippen LogP contribution in [0.1, 0.15) is 0 Å². The summed E-state index contributed by atoms with van der Waals surface area (Å²) in [6.45, 7) is -0.898. The van der Waals surface area contributed by atoms with Gasteiger partial charge in [-0.25, -0.2) is 13.2 Å². The van der Waals surface area contributed by atoms with Crippen molar-refractivity contribution in [3.63, 3.8) is 0 Å². The number of amides is 2. The van der Waals surface area contributed by atoms with E-state index < -0.39 is 46.4 Å². The normalized spacial score (nSPS) is 10.3. The van der Waals surface area contributed by atoms with Gasteiger partial charge in [0.15, 0.2) is 17.5 Å². The molecule has 0 spiro atoms. The number of nitro benzene ring substituents is 1. The molecule has 0 heterocycles. The van der Waals surface area contributed by atoms with E-state index in [2.05, 4.69) is 10.6 Å². The number of hydrogen-bond acceptors (Lipinski definition) is 5. The molecule has 2 aromatic rings. The van der Waals surface area contributed by atoms with E-state index in [1.165, 1.54) is 12.1 Å². The highest BCUT2D eigenvalue weighted by Gasteiger charge is 2.16. The Morgan fingerprint density at radius 1 is 1.04 bits per heavy atom. The van der Waals surface area contributed by atoms with Gasteiger partial charge in [0, 0.05) is 11.8 Å². The van der Waals surface area contributed by atoms with E-state index in [0.717, 1.165) is 12.1 Å². The number of anilines is 2. The maximum Gasteiger partial charge on any atom is 0.289 e. The van der Waals surface area contributed by atoms with Crippen molar-refractivity contribution in [1.82, 2.24) is 5.32 Å². The van der Waals surface area contributed by atoms with Crippen LogP contribution in [0.4, 0.5) is 30.2 Å². The largest absolute Gasteiger partial charge is 0.376 e. The van der Waals surface area contributed by atoms with Crippen molar-refractivity contribution in [3.8, 4) is 0 Å². The molecule has 0 unspecified atom stereocenters. The van der Waals surface area contributed by atoms with Crippen LogP contribution in [0.15, 0.2) is 30.3 Å². The molecule has 0 saturated carbocycles. The van der Waals surface area contributed by atoms with Crippen molar-refractivity contribution in [2.45, 2.75) is 0 Å². The number of rotatable bonds is 7. The molecular weight excluding hydrogens is 405 g/mol. The molecule has 28 heavy (non-hydrogen) atoms. The highest BCUT2D eigenvalue weighted by molar-refractivity contribution is 6.32. The van der Waals surface area contributed by atoms with Crippen LogP contribution in [0, 0.1) is 27.6 Å². The van der Waals surface area contributed by atoms with E-state index in [1.54, 1.807) is 0 Å². The first-order valence-electron chi connectivity index (χ1n) is 7.57. The Bertz CT molecular complexity index is 942. The number of nitro groups is 1. The first-order valence-corrected chi connectivity index (χ1v) is 7.94. The van der Waals surface area contributed by atoms with E-state index in [0.29, 0.717) is 6.07 Å². The predicted molar refractivity (Wildman–Crippen MR) is 94.6 cm³/mol. The molecule has 0 saturated heterocycles. The van der Waals surface area contributed by atoms with Crippen molar-refractivity contribution < 1.29 is 27.7 Å². The summed E-state index contributed by atoms with van der Waals surface area (Å²) >= 11 is 5.67. The molecule has 0 aliphatic carbocycles. The molecule has 2 amide bonds. The lowest BCUT2D eigenvalue weighted by molar-refractivity contribution is -0.384. The zero-order valence-electron chi connectivity index (χ0n) is 13.9. The second kappa shape index (κ2) is 9.04. The molecular formula is C16H12ClF3N4O4. The van der Waals surface area contributed by atoms with Gasteiger partial charge in [0.2, 0.25) is 11.8 Å². The second-order valence-corrected chi connectivity index (χ2v) is 5.73. The summed E-state index contributed by atoms with van der Waals surface area (Å²) in [5.74, 6) is -6.23. The SMILES string of the molecule is O=C(CNc1ccc(Cl)c([N+](=O)[O-])c1)NCC(=O)Nc1ccc(F)c(F)c1F. The Labute approximate surface area is 160 Å². The third-order valence-corrected chi connectivity index (χ3v) is 3.67. The van der Waals surface area contributed by atoms with Crippen molar-refractivity contribution in [1.29, 1.82) is 0 Å². The molecule has 3 N–H and O–H groups in total. The molecule has 0 aliphatic rings. The summed E-state index contributed by atoms with van der Waals surface area (Å²) in [6.07, 6.45) is 0. The number of carbonyl (C=O) groups is 2. The van der Waals surface area contributed by atoms with Crippen molar-refractivity contribution >= 4 is 40.5 Å². The topological polar surface area (TPSA) is 113 Å². The Kier molecular flexibility index (Phi) is 6.77. The first kappa shape index (κ1) is 21.0. The minimum Gasteiger partial charge on any atom is -0.376 e. The fraction of sp³-hybridized carbons (Fsp3) is 0.125. The minimum atomic E-state index is -1.73. The van der Waals surface area contributed by atoms with Gasteiger partial charge in [0.25, 0.3) is 5.69 Å². The van der Waals surface area contributed by atoms with Crippen molar-refractivity contribution in [2.24, 2.45) is 0 Å². The summed E-state index contributed by atoms with van der Waals surface area (Å²) in [6, 6.07) is 5.31. The predicted octanol–water partition coefficient (Wildman–Crippen LogP) is 2.83. The van der Waals surface area contributed by atoms with Gasteiger partial charge in [-0.05, 0) is 24.3 Å². The lowest BCUT2D eigenvalue weighted by Crippen LogP contribution is -2.36. The lowest BCUT2D eigenvalue weighted by atomic mass is 10.2. The van der Waals surface area contributed by atoms with Gasteiger partial charge in [-0.1, -0.05) is 11.6 Å². The summed E-state index contributed by atoms with van der Waals surface area (Å²) in [7, 11) is 0. The number of benzene rings is 2. The smallest absolute Gasteiger partial charge is 0.289 e. The van der Waals surface area contributed by atoms with Gasteiger partial charge < -0.3 is 16.0 Å². The third kappa shape index (κ3) is 5.33. The summed E-state index contributed by atoms with van der Waals surface area (Å²) in [5.41, 5.74) is -0.677. The molecule has 2 aromatic carbocycles. The molecule has 148 valence electrons. The van der Waals surface area contributed by atoms with E-state index in [4.69, 9.17) is 11.6 Å². The Morgan fingerprint density at radius 3 is 2.43 bits per heavy atom. The van der Waals surface area contributed by atoms with Gasteiger partial charge in [-0.3, -0.25) is 19.7 Å². The Hall–Kier alpha value is -3.34. The molecule has 0 atom stereocenters. The Balaban J connectivity index is 1.84. The summed E-state index contributed by atoms with van der Waals surface area (Å²) in [4.78, 5) is 33.5. The lowest BCUT2D eigenvalue weighted by Gasteiger charge is -2.09. The zero-order chi connectivity index (χ0) is 20.8. The highest BCUT2D eigenvalue weighted by Crippen LogP contribution is 2.27. The van der Waals surface area contributed by atoms with Gasteiger partial charge in [-0.15, -0.1) is 0 Å². The van der Waals surface area contributed by atoms with Crippen LogP contribution in [0.3, 0.4) is 0 Å². The number of nitrogens with zero attached hydrogens (tertiary/aromatic N) is 1. The van der Waals surface area contributed by atoms with E-state index in [9.17, 15) is 32.9 Å². The number of halogens is 4. The second-order valence-electron chi connectivity index (χ2n) is 5.32. The molecule has 12 heteroatoms. The van der Waals surface area contributed by atoms with Crippen LogP contribution in [-0.2, 0) is 9.59 Å². The molecule has 0 radical (unpaired) electrons. The van der Waals surface area contributed by atoms with Crippen LogP contribution in [0.25, 0.3) is 0 Å². The van der Waals surface area contributed by atoms with E-state index in [1.807, 2.05) is 5.32 Å². The summed E-state index contributed by atoms with van der Waals surface area (Å²) < 4.78 is 39.4. The number of nitrogens with one attached hydrogen (secondary N) is 3. The quantitative estimate of drug-likeness (QED) is 0.365. The molecule has 0 aliphatic heterocycles. The molecule has 0 aromatic heterocycles. The van der Waals surface area contributed by atoms with Crippen LogP contribution < -0.4 is 16.0 Å². The number of hydrogen-bond donors (Lipinski definition) is 3. The van der Waals surface area contributed by atoms with Gasteiger partial charge in [0.05, 0.1) is 23.7 Å². The average Bonchev–Trinajstić information content (AvgIpc) is 2.66. The van der Waals surface area contributed by atoms with Crippen LogP contribution in [0.2, 0.25) is 5.02 Å². The maximum absolute atomic E-state index is 13.5. The van der Waals surface area contributed by atoms with Crippen molar-refractivity contribution in [3.05, 3.63) is 62.9 Å². The number of carbonyl (C=O) groups excluding carboxylic acids is 2. The fourth-order valence-electron chi connectivity index (χ4n) is 2.00. The standard InChI is InChI=1S/C16H12ClF3N4O4/c17-9-2-1-8(5-12(9)24(27)28)21-6-13(25)22-7-14(26)23-11-4-3-10(18)15(19)16(11)20/h1-5,21H,6-7H2,(H,22,25)(H,23,26). The van der Waals surface area contributed by atoms with Gasteiger partial charge in [0.1, 0.15) is 5.02 Å². The monoisotopic (exact) mass is 416 g/mol. The molecule has 8 nitrogen and oxygen atoms in total. The van der Waals surface area contributed by atoms with Crippen LogP contribution in [0.5, 0.6) is 0 Å². The van der Waals surface area contributed by atoms with Gasteiger partial charge >= 0.3 is 0 Å². The summed E-state index contributed by atoms with van der Waals surface area (Å²) in [5, 5.41) is 17.5. The minimum absolute atomic E-state index is 0.0684. The highest BCUT2D eigenvalue weighted by atomic mass is 35.5. The first-order chi connectivity index (χ1) is 13.2. The average molecular weight is 417 g/mol. The Morgan fingerprint density at radius 2 is 1.75 bits per heavy atom. The third-order valence-electron chi connectivity index (χ3n) is 3.35. The van der Waals surface area contributed by atoms with Crippen LogP contribution >= 0.6 is 11.6 Å². The zero-order valence-corrected chi connectivity index (χ0v) is 14.6. The maximum atomic E-state index is 13.5. The fourth-order valence-corrected chi connectivity index (χ4v) is 2.19. The molecule has 2 rings (SSSR count).